The van der Waals surface area contributed by atoms with E-state index in [2.05, 4.69) is 10.3 Å². The Kier molecular flexibility index (Phi) is 5.22. The van der Waals surface area contributed by atoms with Crippen molar-refractivity contribution in [2.75, 3.05) is 13.7 Å². The van der Waals surface area contributed by atoms with Gasteiger partial charge in [-0.05, 0) is 12.0 Å². The van der Waals surface area contributed by atoms with Crippen molar-refractivity contribution >= 4 is 17.5 Å². The molecule has 0 saturated heterocycles. The van der Waals surface area contributed by atoms with Crippen molar-refractivity contribution < 1.29 is 9.53 Å². The van der Waals surface area contributed by atoms with E-state index >= 15 is 0 Å². The van der Waals surface area contributed by atoms with Crippen LogP contribution in [0, 0.1) is 5.92 Å². The number of methoxy groups -OCH3 is 1. The third-order valence-electron chi connectivity index (χ3n) is 2.43. The van der Waals surface area contributed by atoms with Crippen molar-refractivity contribution in [3.8, 4) is 5.75 Å². The number of pyridine rings is 1. The number of alkyl halides is 1. The number of aromatic nitrogens is 1. The van der Waals surface area contributed by atoms with Gasteiger partial charge in [0.15, 0.2) is 0 Å². The predicted molar refractivity (Wildman–Crippen MR) is 67.6 cm³/mol. The van der Waals surface area contributed by atoms with Crippen LogP contribution in [0.3, 0.4) is 0 Å². The van der Waals surface area contributed by atoms with Crippen LogP contribution >= 0.6 is 11.6 Å². The van der Waals surface area contributed by atoms with E-state index in [1.165, 1.54) is 13.3 Å². The molecule has 0 aliphatic rings. The Bertz CT molecular complexity index is 383. The molecule has 1 N–H and O–H groups in total. The highest BCUT2D eigenvalue weighted by Gasteiger charge is 2.15. The highest BCUT2D eigenvalue weighted by Crippen LogP contribution is 2.15. The minimum atomic E-state index is -0.199. The number of rotatable bonds is 5. The van der Waals surface area contributed by atoms with Crippen LogP contribution in [0.1, 0.15) is 24.2 Å². The molecule has 1 rings (SSSR count). The highest BCUT2D eigenvalue weighted by atomic mass is 35.5. The van der Waals surface area contributed by atoms with Crippen LogP contribution in [0.25, 0.3) is 0 Å². The minimum Gasteiger partial charge on any atom is -0.494 e. The van der Waals surface area contributed by atoms with Crippen molar-refractivity contribution in [2.24, 2.45) is 5.92 Å². The molecule has 0 bridgehead atoms. The van der Waals surface area contributed by atoms with E-state index in [-0.39, 0.29) is 11.3 Å². The second kappa shape index (κ2) is 6.45. The van der Waals surface area contributed by atoms with Crippen LogP contribution < -0.4 is 10.1 Å². The third kappa shape index (κ3) is 3.89. The summed E-state index contributed by atoms with van der Waals surface area (Å²) in [5.74, 6) is 0.576. The molecule has 1 aromatic heterocycles. The van der Waals surface area contributed by atoms with Gasteiger partial charge in [-0.15, -0.1) is 11.6 Å². The zero-order valence-corrected chi connectivity index (χ0v) is 11.0. The summed E-state index contributed by atoms with van der Waals surface area (Å²) in [6.07, 6.45) is 3.06. The molecule has 0 aliphatic carbocycles. The fourth-order valence-electron chi connectivity index (χ4n) is 1.25. The molecule has 4 nitrogen and oxygen atoms in total. The van der Waals surface area contributed by atoms with Crippen molar-refractivity contribution in [3.05, 3.63) is 24.0 Å². The molecule has 0 spiro atoms. The van der Waals surface area contributed by atoms with E-state index in [9.17, 15) is 4.79 Å². The van der Waals surface area contributed by atoms with Crippen LogP contribution in [0.4, 0.5) is 0 Å². The Morgan fingerprint density at radius 2 is 2.29 bits per heavy atom. The molecule has 1 aromatic rings. The standard InChI is InChI=1S/C12H17ClN2O2/c1-8(2)10(13)6-15-12(16)9-4-5-14-7-11(9)17-3/h4-5,7-8,10H,6H2,1-3H3,(H,15,16). The lowest BCUT2D eigenvalue weighted by molar-refractivity contribution is 0.0949. The molecule has 0 fully saturated rings. The lowest BCUT2D eigenvalue weighted by Gasteiger charge is -2.14. The minimum absolute atomic E-state index is 0.0771. The molecule has 0 saturated carbocycles. The quantitative estimate of drug-likeness (QED) is 0.821. The summed E-state index contributed by atoms with van der Waals surface area (Å²) in [7, 11) is 1.51. The zero-order chi connectivity index (χ0) is 12.8. The second-order valence-corrected chi connectivity index (χ2v) is 4.61. The molecule has 1 unspecified atom stereocenters. The van der Waals surface area contributed by atoms with Crippen molar-refractivity contribution in [1.82, 2.24) is 10.3 Å². The van der Waals surface area contributed by atoms with Gasteiger partial charge >= 0.3 is 0 Å². The largest absolute Gasteiger partial charge is 0.494 e. The summed E-state index contributed by atoms with van der Waals surface area (Å²) in [6.45, 7) is 4.46. The maximum Gasteiger partial charge on any atom is 0.255 e. The van der Waals surface area contributed by atoms with Gasteiger partial charge in [-0.1, -0.05) is 13.8 Å². The zero-order valence-electron chi connectivity index (χ0n) is 10.2. The van der Waals surface area contributed by atoms with Crippen molar-refractivity contribution in [2.45, 2.75) is 19.2 Å². The van der Waals surface area contributed by atoms with E-state index in [4.69, 9.17) is 16.3 Å². The lowest BCUT2D eigenvalue weighted by Crippen LogP contribution is -2.32. The first-order valence-corrected chi connectivity index (χ1v) is 5.90. The molecule has 5 heteroatoms. The first-order valence-electron chi connectivity index (χ1n) is 5.46. The van der Waals surface area contributed by atoms with Gasteiger partial charge in [0.25, 0.3) is 5.91 Å². The van der Waals surface area contributed by atoms with Gasteiger partial charge in [0.1, 0.15) is 5.75 Å². The summed E-state index contributed by atoms with van der Waals surface area (Å²) in [4.78, 5) is 15.8. The maximum atomic E-state index is 11.9. The Hall–Kier alpha value is -1.29. The monoisotopic (exact) mass is 256 g/mol. The molecule has 1 atom stereocenters. The number of carbonyl (C=O) groups is 1. The van der Waals surface area contributed by atoms with Gasteiger partial charge in [-0.25, -0.2) is 0 Å². The molecular formula is C12H17ClN2O2. The van der Waals surface area contributed by atoms with Crippen LogP contribution in [-0.4, -0.2) is 29.9 Å². The van der Waals surface area contributed by atoms with Gasteiger partial charge in [0.2, 0.25) is 0 Å². The highest BCUT2D eigenvalue weighted by molar-refractivity contribution is 6.21. The molecular weight excluding hydrogens is 240 g/mol. The number of nitrogens with zero attached hydrogens (tertiary/aromatic N) is 1. The van der Waals surface area contributed by atoms with Crippen molar-refractivity contribution in [3.63, 3.8) is 0 Å². The first-order chi connectivity index (χ1) is 8.06. The number of carbonyl (C=O) groups excluding carboxylic acids is 1. The lowest BCUT2D eigenvalue weighted by atomic mass is 10.1. The summed E-state index contributed by atoms with van der Waals surface area (Å²) in [5, 5.41) is 2.70. The van der Waals surface area contributed by atoms with E-state index in [0.717, 1.165) is 0 Å². The molecule has 0 aliphatic heterocycles. The first kappa shape index (κ1) is 13.8. The van der Waals surface area contributed by atoms with Gasteiger partial charge in [0, 0.05) is 12.7 Å². The van der Waals surface area contributed by atoms with Gasteiger partial charge in [0.05, 0.1) is 24.2 Å². The van der Waals surface area contributed by atoms with E-state index in [0.29, 0.717) is 23.8 Å². The summed E-state index contributed by atoms with van der Waals surface area (Å²) in [6, 6.07) is 1.62. The maximum absolute atomic E-state index is 11.9. The Labute approximate surface area is 106 Å². The molecule has 1 amide bonds. The Morgan fingerprint density at radius 3 is 2.88 bits per heavy atom. The molecule has 94 valence electrons. The molecule has 17 heavy (non-hydrogen) atoms. The number of halogens is 1. The van der Waals surface area contributed by atoms with Crippen molar-refractivity contribution in [1.29, 1.82) is 0 Å². The third-order valence-corrected chi connectivity index (χ3v) is 3.09. The van der Waals surface area contributed by atoms with Gasteiger partial charge in [-0.2, -0.15) is 0 Å². The average molecular weight is 257 g/mol. The fraction of sp³-hybridized carbons (Fsp3) is 0.500. The molecule has 1 heterocycles. The van der Waals surface area contributed by atoms with Gasteiger partial charge < -0.3 is 10.1 Å². The molecule has 0 aromatic carbocycles. The van der Waals surface area contributed by atoms with Crippen LogP contribution in [0.2, 0.25) is 0 Å². The fourth-order valence-corrected chi connectivity index (χ4v) is 1.33. The van der Waals surface area contributed by atoms with E-state index < -0.39 is 0 Å². The number of amides is 1. The van der Waals surface area contributed by atoms with Crippen LogP contribution in [0.15, 0.2) is 18.5 Å². The number of nitrogens with one attached hydrogen (secondary N) is 1. The summed E-state index contributed by atoms with van der Waals surface area (Å²) < 4.78 is 5.06. The van der Waals surface area contributed by atoms with E-state index in [1.54, 1.807) is 12.3 Å². The number of hydrogen-bond donors (Lipinski definition) is 1. The van der Waals surface area contributed by atoms with Gasteiger partial charge in [-0.3, -0.25) is 9.78 Å². The van der Waals surface area contributed by atoms with E-state index in [1.807, 2.05) is 13.8 Å². The Morgan fingerprint density at radius 1 is 1.59 bits per heavy atom. The topological polar surface area (TPSA) is 51.2 Å². The average Bonchev–Trinajstić information content (AvgIpc) is 2.35. The number of ether oxygens (including phenoxy) is 1. The number of hydrogen-bond acceptors (Lipinski definition) is 3. The summed E-state index contributed by atoms with van der Waals surface area (Å²) in [5.41, 5.74) is 0.468. The second-order valence-electron chi connectivity index (χ2n) is 4.05. The predicted octanol–water partition coefficient (Wildman–Crippen LogP) is 2.08. The van der Waals surface area contributed by atoms with Crippen LogP contribution in [-0.2, 0) is 0 Å². The smallest absolute Gasteiger partial charge is 0.255 e. The van der Waals surface area contributed by atoms with Crippen LogP contribution in [0.5, 0.6) is 5.75 Å². The summed E-state index contributed by atoms with van der Waals surface area (Å²) >= 11 is 6.06. The Balaban J connectivity index is 2.64. The SMILES string of the molecule is COc1cnccc1C(=O)NCC(Cl)C(C)C. The molecule has 0 radical (unpaired) electrons. The normalized spacial score (nSPS) is 12.3.